The average Bonchev–Trinajstić information content (AvgIpc) is 3.00. The number of ether oxygens (including phenoxy) is 1. The summed E-state index contributed by atoms with van der Waals surface area (Å²) in [6.45, 7) is 4.58. The zero-order chi connectivity index (χ0) is 13.0. The van der Waals surface area contributed by atoms with Crippen molar-refractivity contribution in [2.75, 3.05) is 0 Å². The van der Waals surface area contributed by atoms with Gasteiger partial charge in [0.1, 0.15) is 0 Å². The van der Waals surface area contributed by atoms with Crippen LogP contribution >= 0.6 is 0 Å². The number of hydrogen-bond donors (Lipinski definition) is 1. The van der Waals surface area contributed by atoms with Gasteiger partial charge in [0.2, 0.25) is 0 Å². The van der Waals surface area contributed by atoms with Crippen molar-refractivity contribution in [3.63, 3.8) is 0 Å². The third kappa shape index (κ3) is 3.24. The van der Waals surface area contributed by atoms with E-state index in [-0.39, 0.29) is 5.91 Å². The van der Waals surface area contributed by atoms with Gasteiger partial charge in [0.25, 0.3) is 5.91 Å². The van der Waals surface area contributed by atoms with Gasteiger partial charge in [-0.3, -0.25) is 9.48 Å². The zero-order valence-corrected chi connectivity index (χ0v) is 11.1. The number of nitrogens with one attached hydrogen (secondary N) is 1. The Morgan fingerprint density at radius 3 is 2.94 bits per heavy atom. The summed E-state index contributed by atoms with van der Waals surface area (Å²) < 4.78 is 7.35. The molecule has 1 aromatic rings. The van der Waals surface area contributed by atoms with Crippen molar-refractivity contribution in [1.29, 1.82) is 0 Å². The van der Waals surface area contributed by atoms with Gasteiger partial charge in [-0.25, -0.2) is 0 Å². The lowest BCUT2D eigenvalue weighted by molar-refractivity contribution is -0.127. The molecule has 18 heavy (non-hydrogen) atoms. The minimum Gasteiger partial charge on any atom is -0.478 e. The summed E-state index contributed by atoms with van der Waals surface area (Å²) in [6, 6.07) is 0.335. The molecule has 1 amide bonds. The molecule has 0 spiro atoms. The van der Waals surface area contributed by atoms with E-state index in [9.17, 15) is 4.79 Å². The molecule has 1 aromatic heterocycles. The van der Waals surface area contributed by atoms with E-state index in [4.69, 9.17) is 4.74 Å². The Balaban J connectivity index is 1.82. The number of aromatic nitrogens is 2. The molecule has 5 heteroatoms. The lowest BCUT2D eigenvalue weighted by Crippen LogP contribution is -2.41. The second kappa shape index (κ2) is 5.89. The maximum atomic E-state index is 11.9. The number of aryl methyl sites for hydroxylation is 1. The van der Waals surface area contributed by atoms with Crippen molar-refractivity contribution in [2.45, 2.75) is 58.2 Å². The Hall–Kier alpha value is -1.52. The Kier molecular flexibility index (Phi) is 4.23. The van der Waals surface area contributed by atoms with Gasteiger partial charge in [0, 0.05) is 12.6 Å². The van der Waals surface area contributed by atoms with E-state index < -0.39 is 6.10 Å². The number of rotatable bonds is 5. The van der Waals surface area contributed by atoms with Crippen LogP contribution in [-0.2, 0) is 11.3 Å². The highest BCUT2D eigenvalue weighted by Crippen LogP contribution is 2.18. The SMILES string of the molecule is CCn1cc(OC(C)C(=O)NC2CCCC2)cn1. The van der Waals surface area contributed by atoms with Crippen LogP contribution in [0.15, 0.2) is 12.4 Å². The van der Waals surface area contributed by atoms with Gasteiger partial charge in [0.05, 0.1) is 12.4 Å². The summed E-state index contributed by atoms with van der Waals surface area (Å²) in [6.07, 6.45) is 7.58. The van der Waals surface area contributed by atoms with Crippen molar-refractivity contribution >= 4 is 5.91 Å². The number of nitrogens with zero attached hydrogens (tertiary/aromatic N) is 2. The first-order chi connectivity index (χ1) is 8.69. The molecule has 0 aliphatic heterocycles. The zero-order valence-electron chi connectivity index (χ0n) is 11.1. The molecule has 1 aliphatic carbocycles. The summed E-state index contributed by atoms with van der Waals surface area (Å²) in [7, 11) is 0. The molecule has 1 aliphatic rings. The van der Waals surface area contributed by atoms with E-state index in [0.717, 1.165) is 19.4 Å². The van der Waals surface area contributed by atoms with Gasteiger partial charge in [-0.2, -0.15) is 5.10 Å². The molecule has 100 valence electrons. The molecule has 5 nitrogen and oxygen atoms in total. The molecule has 1 atom stereocenters. The highest BCUT2D eigenvalue weighted by Gasteiger charge is 2.21. The molecule has 0 bridgehead atoms. The maximum Gasteiger partial charge on any atom is 0.260 e. The normalized spacial score (nSPS) is 17.7. The first kappa shape index (κ1) is 12.9. The molecule has 1 saturated carbocycles. The molecule has 0 saturated heterocycles. The van der Waals surface area contributed by atoms with E-state index in [0.29, 0.717) is 11.8 Å². The van der Waals surface area contributed by atoms with Crippen LogP contribution in [-0.4, -0.2) is 27.8 Å². The molecule has 1 heterocycles. The fourth-order valence-electron chi connectivity index (χ4n) is 2.22. The van der Waals surface area contributed by atoms with Gasteiger partial charge >= 0.3 is 0 Å². The fraction of sp³-hybridized carbons (Fsp3) is 0.692. The van der Waals surface area contributed by atoms with Crippen LogP contribution in [0.25, 0.3) is 0 Å². The lowest BCUT2D eigenvalue weighted by Gasteiger charge is -2.17. The third-order valence-corrected chi connectivity index (χ3v) is 3.32. The first-order valence-electron chi connectivity index (χ1n) is 6.68. The Morgan fingerprint density at radius 1 is 1.61 bits per heavy atom. The molecule has 1 unspecified atom stereocenters. The van der Waals surface area contributed by atoms with Crippen molar-refractivity contribution in [3.8, 4) is 5.75 Å². The molecule has 0 radical (unpaired) electrons. The minimum absolute atomic E-state index is 0.0360. The van der Waals surface area contributed by atoms with Gasteiger partial charge in [0.15, 0.2) is 11.9 Å². The molecule has 1 fully saturated rings. The maximum absolute atomic E-state index is 11.9. The average molecular weight is 251 g/mol. The van der Waals surface area contributed by atoms with E-state index in [2.05, 4.69) is 10.4 Å². The predicted octanol–water partition coefficient (Wildman–Crippen LogP) is 1.73. The van der Waals surface area contributed by atoms with Crippen LogP contribution < -0.4 is 10.1 Å². The fourth-order valence-corrected chi connectivity index (χ4v) is 2.22. The van der Waals surface area contributed by atoms with Crippen LogP contribution in [0.5, 0.6) is 5.75 Å². The number of hydrogen-bond acceptors (Lipinski definition) is 3. The first-order valence-corrected chi connectivity index (χ1v) is 6.68. The third-order valence-electron chi connectivity index (χ3n) is 3.32. The Morgan fingerprint density at radius 2 is 2.33 bits per heavy atom. The van der Waals surface area contributed by atoms with Crippen molar-refractivity contribution in [1.82, 2.24) is 15.1 Å². The van der Waals surface area contributed by atoms with Gasteiger partial charge in [-0.05, 0) is 26.7 Å². The second-order valence-corrected chi connectivity index (χ2v) is 4.78. The largest absolute Gasteiger partial charge is 0.478 e. The molecule has 2 rings (SSSR count). The van der Waals surface area contributed by atoms with Crippen molar-refractivity contribution in [2.24, 2.45) is 0 Å². The van der Waals surface area contributed by atoms with E-state index in [1.165, 1.54) is 12.8 Å². The second-order valence-electron chi connectivity index (χ2n) is 4.78. The summed E-state index contributed by atoms with van der Waals surface area (Å²) >= 11 is 0. The smallest absolute Gasteiger partial charge is 0.260 e. The van der Waals surface area contributed by atoms with E-state index in [1.807, 2.05) is 6.92 Å². The van der Waals surface area contributed by atoms with Gasteiger partial charge in [-0.1, -0.05) is 12.8 Å². The number of carbonyl (C=O) groups excluding carboxylic acids is 1. The summed E-state index contributed by atoms with van der Waals surface area (Å²) in [5.41, 5.74) is 0. The van der Waals surface area contributed by atoms with Crippen molar-refractivity contribution < 1.29 is 9.53 Å². The lowest BCUT2D eigenvalue weighted by atomic mass is 10.2. The summed E-state index contributed by atoms with van der Waals surface area (Å²) in [5, 5.41) is 7.14. The van der Waals surface area contributed by atoms with Crippen LogP contribution in [0, 0.1) is 0 Å². The molecular weight excluding hydrogens is 230 g/mol. The van der Waals surface area contributed by atoms with E-state index in [1.54, 1.807) is 24.0 Å². The highest BCUT2D eigenvalue weighted by atomic mass is 16.5. The monoisotopic (exact) mass is 251 g/mol. The standard InChI is InChI=1S/C13H21N3O2/c1-3-16-9-12(8-14-16)18-10(2)13(17)15-11-6-4-5-7-11/h8-11H,3-7H2,1-2H3,(H,15,17). The highest BCUT2D eigenvalue weighted by molar-refractivity contribution is 5.81. The van der Waals surface area contributed by atoms with Crippen LogP contribution in [0.4, 0.5) is 0 Å². The quantitative estimate of drug-likeness (QED) is 0.867. The summed E-state index contributed by atoms with van der Waals surface area (Å²) in [4.78, 5) is 11.9. The predicted molar refractivity (Wildman–Crippen MR) is 68.4 cm³/mol. The Labute approximate surface area is 108 Å². The van der Waals surface area contributed by atoms with Crippen molar-refractivity contribution in [3.05, 3.63) is 12.4 Å². The van der Waals surface area contributed by atoms with Gasteiger partial charge in [-0.15, -0.1) is 0 Å². The molecule has 1 N–H and O–H groups in total. The van der Waals surface area contributed by atoms with Crippen LogP contribution in [0.2, 0.25) is 0 Å². The number of amides is 1. The molecular formula is C13H21N3O2. The van der Waals surface area contributed by atoms with Crippen LogP contribution in [0.3, 0.4) is 0 Å². The topological polar surface area (TPSA) is 56.1 Å². The van der Waals surface area contributed by atoms with E-state index >= 15 is 0 Å². The number of carbonyl (C=O) groups is 1. The van der Waals surface area contributed by atoms with Crippen LogP contribution in [0.1, 0.15) is 39.5 Å². The summed E-state index contributed by atoms with van der Waals surface area (Å²) in [5.74, 6) is 0.608. The van der Waals surface area contributed by atoms with Gasteiger partial charge < -0.3 is 10.1 Å². The minimum atomic E-state index is -0.472. The molecule has 0 aromatic carbocycles. The Bertz CT molecular complexity index is 397.